The molecule has 1 aromatic carbocycles. The lowest BCUT2D eigenvalue weighted by Gasteiger charge is -2.12. The first-order valence-electron chi connectivity index (χ1n) is 7.54. The standard InChI is InChI=1S/C17H23N3/c1-12(2)10-16-15(11-13-6-4-3-5-7-13)19-17(18)20(16)14-8-9-14/h3-7,12,14H,8-11H2,1-2H3,(H2,18,19). The monoisotopic (exact) mass is 269 g/mol. The Labute approximate surface area is 120 Å². The number of nitrogen functional groups attached to an aromatic ring is 1. The number of benzene rings is 1. The van der Waals surface area contributed by atoms with Crippen LogP contribution in [0, 0.1) is 5.92 Å². The molecule has 1 aliphatic rings. The first kappa shape index (κ1) is 13.2. The van der Waals surface area contributed by atoms with Gasteiger partial charge in [0.25, 0.3) is 0 Å². The molecule has 1 saturated carbocycles. The summed E-state index contributed by atoms with van der Waals surface area (Å²) in [5.41, 5.74) is 9.98. The Bertz CT molecular complexity index is 580. The summed E-state index contributed by atoms with van der Waals surface area (Å²) in [5, 5.41) is 0. The maximum atomic E-state index is 6.16. The molecule has 20 heavy (non-hydrogen) atoms. The van der Waals surface area contributed by atoms with E-state index in [1.807, 2.05) is 0 Å². The second-order valence-corrected chi connectivity index (χ2v) is 6.22. The van der Waals surface area contributed by atoms with Gasteiger partial charge in [-0.25, -0.2) is 4.98 Å². The highest BCUT2D eigenvalue weighted by Gasteiger charge is 2.29. The van der Waals surface area contributed by atoms with E-state index in [0.717, 1.165) is 18.5 Å². The minimum absolute atomic E-state index is 0.598. The molecule has 3 rings (SSSR count). The number of hydrogen-bond acceptors (Lipinski definition) is 2. The molecule has 1 aliphatic carbocycles. The summed E-state index contributed by atoms with van der Waals surface area (Å²) < 4.78 is 2.29. The van der Waals surface area contributed by atoms with Crippen molar-refractivity contribution in [2.24, 2.45) is 5.92 Å². The van der Waals surface area contributed by atoms with Gasteiger partial charge in [-0.15, -0.1) is 0 Å². The van der Waals surface area contributed by atoms with Gasteiger partial charge in [-0.3, -0.25) is 0 Å². The van der Waals surface area contributed by atoms with Crippen molar-refractivity contribution in [1.29, 1.82) is 0 Å². The molecule has 3 heteroatoms. The Morgan fingerprint density at radius 1 is 1.25 bits per heavy atom. The van der Waals surface area contributed by atoms with Crippen LogP contribution in [0.25, 0.3) is 0 Å². The number of aromatic nitrogens is 2. The van der Waals surface area contributed by atoms with E-state index in [-0.39, 0.29) is 0 Å². The molecule has 0 atom stereocenters. The Morgan fingerprint density at radius 2 is 1.95 bits per heavy atom. The van der Waals surface area contributed by atoms with Gasteiger partial charge in [-0.2, -0.15) is 0 Å². The third-order valence-corrected chi connectivity index (χ3v) is 3.85. The zero-order valence-electron chi connectivity index (χ0n) is 12.3. The highest BCUT2D eigenvalue weighted by Crippen LogP contribution is 2.39. The fourth-order valence-corrected chi connectivity index (χ4v) is 2.81. The fraction of sp³-hybridized carbons (Fsp3) is 0.471. The summed E-state index contributed by atoms with van der Waals surface area (Å²) in [5.74, 6) is 1.33. The average Bonchev–Trinajstić information content (AvgIpc) is 3.18. The van der Waals surface area contributed by atoms with Crippen molar-refractivity contribution in [3.63, 3.8) is 0 Å². The zero-order chi connectivity index (χ0) is 14.1. The topological polar surface area (TPSA) is 43.8 Å². The molecule has 2 aromatic rings. The van der Waals surface area contributed by atoms with Crippen LogP contribution in [-0.2, 0) is 12.8 Å². The molecule has 0 radical (unpaired) electrons. The second kappa shape index (κ2) is 5.31. The third kappa shape index (κ3) is 2.72. The van der Waals surface area contributed by atoms with Crippen LogP contribution in [0.4, 0.5) is 5.95 Å². The van der Waals surface area contributed by atoms with Crippen molar-refractivity contribution in [2.45, 2.75) is 45.6 Å². The highest BCUT2D eigenvalue weighted by atomic mass is 15.2. The summed E-state index contributed by atoms with van der Waals surface area (Å²) >= 11 is 0. The minimum Gasteiger partial charge on any atom is -0.369 e. The third-order valence-electron chi connectivity index (χ3n) is 3.85. The van der Waals surface area contributed by atoms with Crippen molar-refractivity contribution in [3.8, 4) is 0 Å². The maximum Gasteiger partial charge on any atom is 0.200 e. The Hall–Kier alpha value is -1.77. The molecule has 0 spiro atoms. The first-order chi connectivity index (χ1) is 9.65. The molecule has 0 unspecified atom stereocenters. The van der Waals surface area contributed by atoms with Crippen LogP contribution in [0.1, 0.15) is 49.7 Å². The van der Waals surface area contributed by atoms with Gasteiger partial charge in [0, 0.05) is 18.2 Å². The molecule has 1 heterocycles. The largest absolute Gasteiger partial charge is 0.369 e. The van der Waals surface area contributed by atoms with Gasteiger partial charge in [0.1, 0.15) is 0 Å². The minimum atomic E-state index is 0.598. The van der Waals surface area contributed by atoms with Crippen LogP contribution in [0.15, 0.2) is 30.3 Å². The van der Waals surface area contributed by atoms with Crippen LogP contribution in [-0.4, -0.2) is 9.55 Å². The zero-order valence-corrected chi connectivity index (χ0v) is 12.3. The first-order valence-corrected chi connectivity index (χ1v) is 7.54. The van der Waals surface area contributed by atoms with Gasteiger partial charge in [0.05, 0.1) is 5.69 Å². The number of anilines is 1. The summed E-state index contributed by atoms with van der Waals surface area (Å²) in [6, 6.07) is 11.1. The van der Waals surface area contributed by atoms with Crippen LogP contribution in [0.2, 0.25) is 0 Å². The molecule has 2 N–H and O–H groups in total. The van der Waals surface area contributed by atoms with E-state index in [0.29, 0.717) is 17.9 Å². The summed E-state index contributed by atoms with van der Waals surface area (Å²) in [6.07, 6.45) is 4.43. The van der Waals surface area contributed by atoms with E-state index in [1.54, 1.807) is 0 Å². The lowest BCUT2D eigenvalue weighted by Crippen LogP contribution is -2.08. The molecule has 0 bridgehead atoms. The molecule has 0 aliphatic heterocycles. The quantitative estimate of drug-likeness (QED) is 0.901. The Kier molecular flexibility index (Phi) is 3.51. The number of rotatable bonds is 5. The molecule has 3 nitrogen and oxygen atoms in total. The van der Waals surface area contributed by atoms with E-state index in [9.17, 15) is 0 Å². The van der Waals surface area contributed by atoms with Crippen LogP contribution in [0.3, 0.4) is 0 Å². The van der Waals surface area contributed by atoms with Crippen molar-refractivity contribution in [1.82, 2.24) is 9.55 Å². The second-order valence-electron chi connectivity index (χ2n) is 6.22. The molecule has 1 aromatic heterocycles. The lowest BCUT2D eigenvalue weighted by molar-refractivity contribution is 0.592. The van der Waals surface area contributed by atoms with Crippen molar-refractivity contribution in [3.05, 3.63) is 47.3 Å². The van der Waals surface area contributed by atoms with Gasteiger partial charge < -0.3 is 10.3 Å². The summed E-state index contributed by atoms with van der Waals surface area (Å²) in [7, 11) is 0. The average molecular weight is 269 g/mol. The van der Waals surface area contributed by atoms with E-state index in [1.165, 1.54) is 24.1 Å². The molecular weight excluding hydrogens is 246 g/mol. The van der Waals surface area contributed by atoms with Crippen molar-refractivity contribution in [2.75, 3.05) is 5.73 Å². The van der Waals surface area contributed by atoms with Gasteiger partial charge in [0.15, 0.2) is 0 Å². The number of nitrogens with zero attached hydrogens (tertiary/aromatic N) is 2. The SMILES string of the molecule is CC(C)Cc1c(Cc2ccccc2)nc(N)n1C1CC1. The Morgan fingerprint density at radius 3 is 2.55 bits per heavy atom. The lowest BCUT2D eigenvalue weighted by atomic mass is 10.0. The van der Waals surface area contributed by atoms with Gasteiger partial charge >= 0.3 is 0 Å². The van der Waals surface area contributed by atoms with E-state index >= 15 is 0 Å². The number of imidazole rings is 1. The highest BCUT2D eigenvalue weighted by molar-refractivity contribution is 5.35. The van der Waals surface area contributed by atoms with Gasteiger partial charge in [-0.05, 0) is 30.7 Å². The van der Waals surface area contributed by atoms with Crippen LogP contribution < -0.4 is 5.73 Å². The van der Waals surface area contributed by atoms with Gasteiger partial charge in [0.2, 0.25) is 5.95 Å². The molecule has 0 amide bonds. The van der Waals surface area contributed by atoms with Crippen molar-refractivity contribution < 1.29 is 0 Å². The number of nitrogens with two attached hydrogens (primary N) is 1. The predicted molar refractivity (Wildman–Crippen MR) is 82.7 cm³/mol. The summed E-state index contributed by atoms with van der Waals surface area (Å²) in [6.45, 7) is 4.51. The van der Waals surface area contributed by atoms with Gasteiger partial charge in [-0.1, -0.05) is 44.2 Å². The fourth-order valence-electron chi connectivity index (χ4n) is 2.81. The van der Waals surface area contributed by atoms with Crippen LogP contribution >= 0.6 is 0 Å². The normalized spacial score (nSPS) is 14.9. The van der Waals surface area contributed by atoms with E-state index in [4.69, 9.17) is 5.73 Å². The molecule has 106 valence electrons. The molecule has 1 fully saturated rings. The van der Waals surface area contributed by atoms with Crippen molar-refractivity contribution >= 4 is 5.95 Å². The number of hydrogen-bond donors (Lipinski definition) is 1. The smallest absolute Gasteiger partial charge is 0.200 e. The predicted octanol–water partition coefficient (Wildman–Crippen LogP) is 3.59. The molecular formula is C17H23N3. The summed E-state index contributed by atoms with van der Waals surface area (Å²) in [4.78, 5) is 4.66. The van der Waals surface area contributed by atoms with E-state index in [2.05, 4.69) is 53.7 Å². The molecule has 0 saturated heterocycles. The van der Waals surface area contributed by atoms with E-state index < -0.39 is 0 Å². The maximum absolute atomic E-state index is 6.16. The van der Waals surface area contributed by atoms with Crippen LogP contribution in [0.5, 0.6) is 0 Å². The Balaban J connectivity index is 1.95.